The Morgan fingerprint density at radius 1 is 1.00 bits per heavy atom. The zero-order valence-electron chi connectivity index (χ0n) is 22.7. The lowest BCUT2D eigenvalue weighted by Crippen LogP contribution is -2.54. The van der Waals surface area contributed by atoms with Crippen molar-refractivity contribution >= 4 is 11.8 Å². The van der Waals surface area contributed by atoms with Gasteiger partial charge in [0.25, 0.3) is 0 Å². The monoisotopic (exact) mass is 487 g/mol. The Morgan fingerprint density at radius 3 is 2.49 bits per heavy atom. The van der Waals surface area contributed by atoms with E-state index in [4.69, 9.17) is 4.84 Å². The van der Waals surface area contributed by atoms with Gasteiger partial charge in [0.2, 0.25) is 0 Å². The van der Waals surface area contributed by atoms with E-state index in [1.807, 2.05) is 0 Å². The normalized spacial score (nSPS) is 46.9. The molecule has 0 aromatic carbocycles. The molecule has 0 spiro atoms. The molecular formula is C29H49N3O3. The number of nitrogens with one attached hydrogen (secondary N) is 2. The molecule has 0 bridgehead atoms. The van der Waals surface area contributed by atoms with Crippen LogP contribution in [0.2, 0.25) is 0 Å². The molecule has 1 amide bonds. The average molecular weight is 488 g/mol. The fourth-order valence-electron chi connectivity index (χ4n) is 9.68. The first-order valence-electron chi connectivity index (χ1n) is 14.5. The molecule has 4 aliphatic carbocycles. The van der Waals surface area contributed by atoms with E-state index in [2.05, 4.69) is 50.4 Å². The summed E-state index contributed by atoms with van der Waals surface area (Å²) in [6.45, 7) is 13.2. The van der Waals surface area contributed by atoms with E-state index in [0.29, 0.717) is 23.8 Å². The van der Waals surface area contributed by atoms with Gasteiger partial charge in [0.1, 0.15) is 0 Å². The first-order valence-corrected chi connectivity index (χ1v) is 14.5. The minimum absolute atomic E-state index is 0.0775. The number of fused-ring (bicyclic) bond motifs is 5. The number of aliphatic hydroxyl groups excluding tert-OH is 1. The van der Waals surface area contributed by atoms with Gasteiger partial charge in [-0.3, -0.25) is 4.84 Å². The van der Waals surface area contributed by atoms with Gasteiger partial charge in [0.05, 0.1) is 11.8 Å². The van der Waals surface area contributed by atoms with Gasteiger partial charge in [-0.2, -0.15) is 0 Å². The highest BCUT2D eigenvalue weighted by Gasteiger charge is 2.60. The Kier molecular flexibility index (Phi) is 6.78. The third-order valence-corrected chi connectivity index (χ3v) is 12.0. The maximum atomic E-state index is 12.4. The molecule has 35 heavy (non-hydrogen) atoms. The van der Waals surface area contributed by atoms with Crippen molar-refractivity contribution < 1.29 is 14.7 Å². The summed E-state index contributed by atoms with van der Waals surface area (Å²) >= 11 is 0. The highest BCUT2D eigenvalue weighted by Crippen LogP contribution is 2.67. The topological polar surface area (TPSA) is 83.0 Å². The second-order valence-corrected chi connectivity index (χ2v) is 14.0. The summed E-state index contributed by atoms with van der Waals surface area (Å²) in [6.07, 6.45) is 11.4. The lowest BCUT2D eigenvalue weighted by atomic mass is 9.44. The SMILES string of the molecule is C/C(=N\OC(=O)NCC1NCCC1(C)C)[C@H]1CC[C@H]2[C@@H]3CC[C@@H]4C[C@H](O)CC[C@]4(C)[C@H]3CC[C@]12C. The Labute approximate surface area is 212 Å². The van der Waals surface area contributed by atoms with E-state index < -0.39 is 6.09 Å². The van der Waals surface area contributed by atoms with Crippen LogP contribution < -0.4 is 10.6 Å². The number of amides is 1. The van der Waals surface area contributed by atoms with Crippen LogP contribution >= 0.6 is 0 Å². The van der Waals surface area contributed by atoms with Crippen LogP contribution in [0, 0.1) is 45.8 Å². The zero-order chi connectivity index (χ0) is 25.0. The maximum absolute atomic E-state index is 12.4. The molecule has 5 fully saturated rings. The van der Waals surface area contributed by atoms with Gasteiger partial charge in [0, 0.05) is 18.5 Å². The lowest BCUT2D eigenvalue weighted by molar-refractivity contribution is -0.123. The molecule has 198 valence electrons. The van der Waals surface area contributed by atoms with Crippen LogP contribution in [0.25, 0.3) is 0 Å². The smallest absolute Gasteiger partial charge is 0.393 e. The van der Waals surface area contributed by atoms with Crippen molar-refractivity contribution in [3.63, 3.8) is 0 Å². The van der Waals surface area contributed by atoms with Crippen LogP contribution in [0.15, 0.2) is 5.16 Å². The predicted octanol–water partition coefficient (Wildman–Crippen LogP) is 5.50. The number of aliphatic hydroxyl groups is 1. The van der Waals surface area contributed by atoms with Crippen molar-refractivity contribution in [2.24, 2.45) is 51.0 Å². The Bertz CT molecular complexity index is 843. The van der Waals surface area contributed by atoms with Crippen molar-refractivity contribution in [2.75, 3.05) is 13.1 Å². The number of hydrogen-bond acceptors (Lipinski definition) is 5. The molecule has 3 N–H and O–H groups in total. The van der Waals surface area contributed by atoms with Crippen LogP contribution in [0.3, 0.4) is 0 Å². The molecule has 1 unspecified atom stereocenters. The minimum Gasteiger partial charge on any atom is -0.393 e. The Balaban J connectivity index is 1.21. The first kappa shape index (κ1) is 25.5. The van der Waals surface area contributed by atoms with Gasteiger partial charge >= 0.3 is 6.09 Å². The highest BCUT2D eigenvalue weighted by molar-refractivity contribution is 5.85. The third-order valence-electron chi connectivity index (χ3n) is 12.0. The van der Waals surface area contributed by atoms with Crippen molar-refractivity contribution in [1.29, 1.82) is 0 Å². The fourth-order valence-corrected chi connectivity index (χ4v) is 9.68. The number of carbonyl (C=O) groups excluding carboxylic acids is 1. The van der Waals surface area contributed by atoms with Crippen molar-refractivity contribution in [1.82, 2.24) is 10.6 Å². The van der Waals surface area contributed by atoms with E-state index in [1.54, 1.807) is 0 Å². The summed E-state index contributed by atoms with van der Waals surface area (Å²) in [5.74, 6) is 3.45. The Morgan fingerprint density at radius 2 is 1.74 bits per heavy atom. The molecule has 1 saturated heterocycles. The number of rotatable bonds is 4. The van der Waals surface area contributed by atoms with Crippen LogP contribution in [-0.4, -0.2) is 42.1 Å². The standard InChI is InChI=1S/C29H49N3O3/c1-18(32-35-26(34)31-17-25-27(2,3)14-15-30-25)22-8-9-23-21-7-6-19-16-20(33)10-12-28(19,4)24(21)11-13-29(22,23)5/h19-25,30,33H,6-17H2,1-5H3,(H,31,34)/b32-18+/t19-,20-,21+,22-,23+,24+,25?,28+,29-/m1/s1. The highest BCUT2D eigenvalue weighted by atomic mass is 16.7. The molecular weight excluding hydrogens is 438 g/mol. The zero-order valence-corrected chi connectivity index (χ0v) is 22.7. The van der Waals surface area contributed by atoms with E-state index >= 15 is 0 Å². The van der Waals surface area contributed by atoms with Gasteiger partial charge < -0.3 is 15.7 Å². The second kappa shape index (κ2) is 9.31. The second-order valence-electron chi connectivity index (χ2n) is 14.0. The molecule has 1 heterocycles. The molecule has 5 aliphatic rings. The van der Waals surface area contributed by atoms with E-state index in [-0.39, 0.29) is 23.0 Å². The molecule has 9 atom stereocenters. The first-order chi connectivity index (χ1) is 16.5. The van der Waals surface area contributed by atoms with Crippen LogP contribution in [0.1, 0.15) is 98.8 Å². The number of carbonyl (C=O) groups is 1. The molecule has 4 saturated carbocycles. The summed E-state index contributed by atoms with van der Waals surface area (Å²) in [4.78, 5) is 17.7. The number of hydrogen-bond donors (Lipinski definition) is 3. The largest absolute Gasteiger partial charge is 0.433 e. The molecule has 6 nitrogen and oxygen atoms in total. The Hall–Kier alpha value is -1.14. The van der Waals surface area contributed by atoms with Crippen LogP contribution in [0.4, 0.5) is 4.79 Å². The third kappa shape index (κ3) is 4.45. The minimum atomic E-state index is -0.442. The van der Waals surface area contributed by atoms with E-state index in [1.165, 1.54) is 38.5 Å². The van der Waals surface area contributed by atoms with Gasteiger partial charge in [-0.05, 0) is 118 Å². The summed E-state index contributed by atoms with van der Waals surface area (Å²) in [6, 6.07) is 0.272. The van der Waals surface area contributed by atoms with Crippen molar-refractivity contribution in [3.05, 3.63) is 0 Å². The quantitative estimate of drug-likeness (QED) is 0.278. The molecule has 5 rings (SSSR count). The summed E-state index contributed by atoms with van der Waals surface area (Å²) in [5.41, 5.74) is 1.84. The van der Waals surface area contributed by atoms with E-state index in [0.717, 1.165) is 55.7 Å². The maximum Gasteiger partial charge on any atom is 0.433 e. The molecule has 0 aromatic rings. The van der Waals surface area contributed by atoms with Crippen molar-refractivity contribution in [3.8, 4) is 0 Å². The van der Waals surface area contributed by atoms with Crippen LogP contribution in [-0.2, 0) is 4.84 Å². The summed E-state index contributed by atoms with van der Waals surface area (Å²) in [7, 11) is 0. The predicted molar refractivity (Wildman–Crippen MR) is 139 cm³/mol. The molecule has 6 heteroatoms. The van der Waals surface area contributed by atoms with Crippen LogP contribution in [0.5, 0.6) is 0 Å². The van der Waals surface area contributed by atoms with Gasteiger partial charge in [-0.1, -0.05) is 32.9 Å². The van der Waals surface area contributed by atoms with Gasteiger partial charge in [0.15, 0.2) is 0 Å². The summed E-state index contributed by atoms with van der Waals surface area (Å²) < 4.78 is 0. The fraction of sp³-hybridized carbons (Fsp3) is 0.931. The molecule has 0 radical (unpaired) electrons. The summed E-state index contributed by atoms with van der Waals surface area (Å²) in [5, 5.41) is 21.1. The van der Waals surface area contributed by atoms with Gasteiger partial charge in [-0.25, -0.2) is 4.79 Å². The van der Waals surface area contributed by atoms with E-state index in [9.17, 15) is 9.90 Å². The van der Waals surface area contributed by atoms with Gasteiger partial charge in [-0.15, -0.1) is 0 Å². The number of nitrogens with zero attached hydrogens (tertiary/aromatic N) is 1. The molecule has 1 aliphatic heterocycles. The average Bonchev–Trinajstić information content (AvgIpc) is 3.34. The van der Waals surface area contributed by atoms with Crippen molar-refractivity contribution in [2.45, 2.75) is 111 Å². The number of oxime groups is 1. The molecule has 0 aromatic heterocycles. The lowest BCUT2D eigenvalue weighted by Gasteiger charge is -2.61.